The second-order valence-corrected chi connectivity index (χ2v) is 6.43. The Kier molecular flexibility index (Phi) is 5.70. The number of amides is 1. The van der Waals surface area contributed by atoms with Crippen molar-refractivity contribution >= 4 is 33.5 Å². The van der Waals surface area contributed by atoms with Gasteiger partial charge < -0.3 is 10.5 Å². The van der Waals surface area contributed by atoms with Crippen LogP contribution in [0.3, 0.4) is 0 Å². The lowest BCUT2D eigenvalue weighted by Crippen LogP contribution is -2.42. The zero-order chi connectivity index (χ0) is 16.2. The van der Waals surface area contributed by atoms with Crippen molar-refractivity contribution in [3.8, 4) is 0 Å². The van der Waals surface area contributed by atoms with Crippen LogP contribution >= 0.6 is 11.6 Å². The van der Waals surface area contributed by atoms with Crippen molar-refractivity contribution in [2.45, 2.75) is 30.9 Å². The van der Waals surface area contributed by atoms with Crippen LogP contribution in [0.5, 0.6) is 0 Å². The summed E-state index contributed by atoms with van der Waals surface area (Å²) in [6.45, 7) is 2.58. The molecule has 1 rings (SSSR count). The fourth-order valence-electron chi connectivity index (χ4n) is 1.32. The summed E-state index contributed by atoms with van der Waals surface area (Å²) in [5.41, 5.74) is 4.95. The molecule has 0 bridgehead atoms. The van der Waals surface area contributed by atoms with E-state index in [4.69, 9.17) is 22.1 Å². The first-order valence-corrected chi connectivity index (χ1v) is 7.77. The number of benzene rings is 1. The minimum Gasteiger partial charge on any atom is -0.451 e. The van der Waals surface area contributed by atoms with Gasteiger partial charge in [0.15, 0.2) is 6.10 Å². The molecule has 0 heterocycles. The van der Waals surface area contributed by atoms with Gasteiger partial charge in [-0.3, -0.25) is 9.59 Å². The first-order valence-electron chi connectivity index (χ1n) is 5.91. The van der Waals surface area contributed by atoms with Gasteiger partial charge in [-0.2, -0.15) is 4.72 Å². The first-order chi connectivity index (χ1) is 9.63. The van der Waals surface area contributed by atoms with E-state index in [9.17, 15) is 18.0 Å². The van der Waals surface area contributed by atoms with E-state index in [-0.39, 0.29) is 9.92 Å². The van der Waals surface area contributed by atoms with Crippen molar-refractivity contribution in [3.05, 3.63) is 29.3 Å². The molecular weight excluding hydrogens is 320 g/mol. The van der Waals surface area contributed by atoms with Crippen LogP contribution in [0.4, 0.5) is 0 Å². The van der Waals surface area contributed by atoms with Gasteiger partial charge in [0.05, 0.1) is 4.90 Å². The molecule has 0 saturated heterocycles. The zero-order valence-corrected chi connectivity index (χ0v) is 12.9. The molecule has 0 aromatic heterocycles. The third-order valence-electron chi connectivity index (χ3n) is 2.49. The fraction of sp³-hybridized carbons (Fsp3) is 0.333. The molecule has 1 amide bonds. The third kappa shape index (κ3) is 5.00. The van der Waals surface area contributed by atoms with E-state index >= 15 is 0 Å². The van der Waals surface area contributed by atoms with E-state index in [2.05, 4.69) is 4.72 Å². The highest BCUT2D eigenvalue weighted by molar-refractivity contribution is 7.89. The molecule has 0 aliphatic carbocycles. The summed E-state index contributed by atoms with van der Waals surface area (Å²) in [5, 5.41) is 0.246. The lowest BCUT2D eigenvalue weighted by Gasteiger charge is -2.16. The van der Waals surface area contributed by atoms with E-state index in [1.165, 1.54) is 38.1 Å². The van der Waals surface area contributed by atoms with E-state index < -0.39 is 34.0 Å². The number of hydrogen-bond donors (Lipinski definition) is 2. The van der Waals surface area contributed by atoms with Crippen molar-refractivity contribution in [2.24, 2.45) is 5.73 Å². The molecule has 9 heteroatoms. The Hall–Kier alpha value is -1.64. The zero-order valence-electron chi connectivity index (χ0n) is 11.4. The van der Waals surface area contributed by atoms with Gasteiger partial charge in [0.1, 0.15) is 6.04 Å². The molecule has 116 valence electrons. The second kappa shape index (κ2) is 6.88. The molecule has 0 fully saturated rings. The predicted octanol–water partition coefficient (Wildman–Crippen LogP) is 0.424. The molecule has 2 atom stereocenters. The topological polar surface area (TPSA) is 116 Å². The molecule has 0 radical (unpaired) electrons. The third-order valence-corrected chi connectivity index (χ3v) is 4.26. The van der Waals surface area contributed by atoms with Crippen LogP contribution in [0.1, 0.15) is 13.8 Å². The number of halogens is 1. The van der Waals surface area contributed by atoms with Gasteiger partial charge in [0, 0.05) is 5.02 Å². The number of nitrogens with two attached hydrogens (primary N) is 1. The number of nitrogens with one attached hydrogen (secondary N) is 1. The molecule has 7 nitrogen and oxygen atoms in total. The molecule has 21 heavy (non-hydrogen) atoms. The molecular formula is C12H15ClN2O5S. The lowest BCUT2D eigenvalue weighted by atomic mass is 10.3. The molecule has 3 N–H and O–H groups in total. The van der Waals surface area contributed by atoms with Gasteiger partial charge in [0.2, 0.25) is 10.0 Å². The average Bonchev–Trinajstić information content (AvgIpc) is 2.37. The highest BCUT2D eigenvalue weighted by Gasteiger charge is 2.25. The van der Waals surface area contributed by atoms with Gasteiger partial charge in [-0.15, -0.1) is 0 Å². The summed E-state index contributed by atoms with van der Waals surface area (Å²) in [5.74, 6) is -1.74. The van der Waals surface area contributed by atoms with Crippen LogP contribution in [0.2, 0.25) is 5.02 Å². The number of carbonyl (C=O) groups excluding carboxylic acids is 2. The van der Waals surface area contributed by atoms with E-state index in [1.54, 1.807) is 0 Å². The summed E-state index contributed by atoms with van der Waals surface area (Å²) in [6, 6.07) is 4.38. The maximum atomic E-state index is 12.0. The highest BCUT2D eigenvalue weighted by atomic mass is 35.5. The molecule has 0 aliphatic heterocycles. The Morgan fingerprint density at radius 2 is 1.95 bits per heavy atom. The van der Waals surface area contributed by atoms with Crippen LogP contribution in [-0.4, -0.2) is 32.4 Å². The molecule has 0 saturated carbocycles. The van der Waals surface area contributed by atoms with Gasteiger partial charge in [-0.25, -0.2) is 8.42 Å². The van der Waals surface area contributed by atoms with Crippen molar-refractivity contribution in [1.29, 1.82) is 0 Å². The lowest BCUT2D eigenvalue weighted by molar-refractivity contribution is -0.155. The maximum Gasteiger partial charge on any atom is 0.324 e. The average molecular weight is 335 g/mol. The minimum atomic E-state index is -3.93. The number of primary amides is 1. The van der Waals surface area contributed by atoms with E-state index in [0.29, 0.717) is 0 Å². The van der Waals surface area contributed by atoms with E-state index in [0.717, 1.165) is 0 Å². The summed E-state index contributed by atoms with van der Waals surface area (Å²) >= 11 is 5.72. The summed E-state index contributed by atoms with van der Waals surface area (Å²) < 4.78 is 30.9. The minimum absolute atomic E-state index is 0.0856. The van der Waals surface area contributed by atoms with Gasteiger partial charge in [0.25, 0.3) is 5.91 Å². The Bertz CT molecular complexity index is 647. The fourth-order valence-corrected chi connectivity index (χ4v) is 2.81. The Balaban J connectivity index is 2.80. The van der Waals surface area contributed by atoms with E-state index in [1.807, 2.05) is 0 Å². The molecule has 0 spiro atoms. The van der Waals surface area contributed by atoms with Crippen LogP contribution in [0.15, 0.2) is 29.2 Å². The summed E-state index contributed by atoms with van der Waals surface area (Å²) in [6.07, 6.45) is -1.14. The monoisotopic (exact) mass is 334 g/mol. The van der Waals surface area contributed by atoms with Gasteiger partial charge in [-0.05, 0) is 32.0 Å². The normalized spacial score (nSPS) is 14.2. The summed E-state index contributed by atoms with van der Waals surface area (Å²) in [4.78, 5) is 22.4. The quantitative estimate of drug-likeness (QED) is 0.732. The number of carbonyl (C=O) groups is 2. The smallest absolute Gasteiger partial charge is 0.324 e. The van der Waals surface area contributed by atoms with Crippen LogP contribution in [0.25, 0.3) is 0 Å². The Labute approximate surface area is 127 Å². The molecule has 1 aromatic rings. The molecule has 0 aliphatic rings. The maximum absolute atomic E-state index is 12.0. The molecule has 1 aromatic carbocycles. The largest absolute Gasteiger partial charge is 0.451 e. The Morgan fingerprint density at radius 1 is 1.33 bits per heavy atom. The summed E-state index contributed by atoms with van der Waals surface area (Å²) in [7, 11) is -3.93. The predicted molar refractivity (Wildman–Crippen MR) is 76.0 cm³/mol. The number of ether oxygens (including phenoxy) is 1. The first kappa shape index (κ1) is 17.4. The number of hydrogen-bond acceptors (Lipinski definition) is 5. The standard InChI is InChI=1S/C12H15ClN2O5S/c1-7(12(17)20-8(2)11(14)16)15-21(18,19)10-5-3-4-9(13)6-10/h3-8,15H,1-2H3,(H2,14,16)/t7-,8+/m0/s1. The van der Waals surface area contributed by atoms with Gasteiger partial charge in [-0.1, -0.05) is 17.7 Å². The highest BCUT2D eigenvalue weighted by Crippen LogP contribution is 2.15. The van der Waals surface area contributed by atoms with Crippen LogP contribution in [-0.2, 0) is 24.3 Å². The number of rotatable bonds is 6. The SMILES string of the molecule is C[C@H](NS(=O)(=O)c1cccc(Cl)c1)C(=O)O[C@H](C)C(N)=O. The van der Waals surface area contributed by atoms with Crippen molar-refractivity contribution in [2.75, 3.05) is 0 Å². The van der Waals surface area contributed by atoms with Crippen molar-refractivity contribution < 1.29 is 22.7 Å². The number of sulfonamides is 1. The number of esters is 1. The van der Waals surface area contributed by atoms with Crippen LogP contribution < -0.4 is 10.5 Å². The second-order valence-electron chi connectivity index (χ2n) is 4.28. The van der Waals surface area contributed by atoms with Crippen LogP contribution in [0, 0.1) is 0 Å². The molecule has 0 unspecified atom stereocenters. The Morgan fingerprint density at radius 3 is 2.48 bits per heavy atom. The van der Waals surface area contributed by atoms with Crippen molar-refractivity contribution in [3.63, 3.8) is 0 Å². The van der Waals surface area contributed by atoms with Crippen molar-refractivity contribution in [1.82, 2.24) is 4.72 Å². The van der Waals surface area contributed by atoms with Gasteiger partial charge >= 0.3 is 5.97 Å².